The molecule has 1 atom stereocenters. The monoisotopic (exact) mass is 219 g/mol. The maximum Gasteiger partial charge on any atom is 0.123 e. The summed E-state index contributed by atoms with van der Waals surface area (Å²) < 4.78 is 13.1. The van der Waals surface area contributed by atoms with E-state index < -0.39 is 0 Å². The molecule has 0 saturated heterocycles. The summed E-state index contributed by atoms with van der Waals surface area (Å²) >= 11 is 0. The lowest BCUT2D eigenvalue weighted by molar-refractivity contribution is 0.628. The van der Waals surface area contributed by atoms with E-state index in [2.05, 4.69) is 10.2 Å². The third kappa shape index (κ3) is 2.28. The lowest BCUT2D eigenvalue weighted by Crippen LogP contribution is -2.17. The van der Waals surface area contributed by atoms with Gasteiger partial charge in [-0.3, -0.25) is 5.10 Å². The number of nitrogens with two attached hydrogens (primary N) is 1. The van der Waals surface area contributed by atoms with Gasteiger partial charge in [-0.05, 0) is 31.0 Å². The lowest BCUT2D eigenvalue weighted by Gasteiger charge is -2.06. The maximum atomic E-state index is 13.1. The van der Waals surface area contributed by atoms with Crippen molar-refractivity contribution in [2.45, 2.75) is 19.4 Å². The van der Waals surface area contributed by atoms with Crippen LogP contribution in [-0.2, 0) is 6.42 Å². The van der Waals surface area contributed by atoms with E-state index in [1.54, 1.807) is 12.3 Å². The molecule has 0 saturated carbocycles. The van der Waals surface area contributed by atoms with Crippen molar-refractivity contribution in [3.05, 3.63) is 41.8 Å². The van der Waals surface area contributed by atoms with Crippen LogP contribution in [0.25, 0.3) is 11.3 Å². The van der Waals surface area contributed by atoms with Crippen molar-refractivity contribution >= 4 is 0 Å². The van der Waals surface area contributed by atoms with Gasteiger partial charge >= 0.3 is 0 Å². The summed E-state index contributed by atoms with van der Waals surface area (Å²) in [7, 11) is 0. The fourth-order valence-electron chi connectivity index (χ4n) is 1.71. The fraction of sp³-hybridized carbons (Fsp3) is 0.250. The molecule has 0 radical (unpaired) electrons. The first-order valence-electron chi connectivity index (χ1n) is 5.20. The van der Waals surface area contributed by atoms with Gasteiger partial charge in [-0.25, -0.2) is 4.39 Å². The third-order valence-corrected chi connectivity index (χ3v) is 2.37. The van der Waals surface area contributed by atoms with Gasteiger partial charge in [-0.1, -0.05) is 12.1 Å². The number of aromatic nitrogens is 2. The second-order valence-electron chi connectivity index (χ2n) is 3.96. The molecule has 0 aliphatic carbocycles. The summed E-state index contributed by atoms with van der Waals surface area (Å²) in [5, 5.41) is 6.86. The number of aromatic amines is 1. The van der Waals surface area contributed by atoms with E-state index in [0.717, 1.165) is 23.2 Å². The predicted molar refractivity (Wildman–Crippen MR) is 61.3 cm³/mol. The van der Waals surface area contributed by atoms with Gasteiger partial charge in [-0.2, -0.15) is 5.10 Å². The van der Waals surface area contributed by atoms with Crippen LogP contribution in [0, 0.1) is 5.82 Å². The highest BCUT2D eigenvalue weighted by atomic mass is 19.1. The van der Waals surface area contributed by atoms with Gasteiger partial charge in [0.25, 0.3) is 0 Å². The molecule has 1 heterocycles. The van der Waals surface area contributed by atoms with Gasteiger partial charge in [0.2, 0.25) is 0 Å². The van der Waals surface area contributed by atoms with E-state index in [0.29, 0.717) is 0 Å². The molecule has 0 amide bonds. The summed E-state index contributed by atoms with van der Waals surface area (Å²) in [5.74, 6) is -0.251. The molecule has 0 spiro atoms. The van der Waals surface area contributed by atoms with Gasteiger partial charge in [-0.15, -0.1) is 0 Å². The van der Waals surface area contributed by atoms with Crippen LogP contribution in [0.15, 0.2) is 30.5 Å². The Balaban J connectivity index is 2.37. The van der Waals surface area contributed by atoms with Crippen molar-refractivity contribution < 1.29 is 4.39 Å². The molecule has 16 heavy (non-hydrogen) atoms. The molecule has 1 aromatic carbocycles. The van der Waals surface area contributed by atoms with Gasteiger partial charge in [0.05, 0.1) is 11.9 Å². The molecule has 2 rings (SSSR count). The SMILES string of the molecule is CC(N)Cc1cn[nH]c1-c1cccc(F)c1. The van der Waals surface area contributed by atoms with Crippen molar-refractivity contribution in [3.63, 3.8) is 0 Å². The molecule has 0 aliphatic rings. The molecule has 3 N–H and O–H groups in total. The molecule has 84 valence electrons. The minimum absolute atomic E-state index is 0.0601. The van der Waals surface area contributed by atoms with E-state index in [-0.39, 0.29) is 11.9 Å². The normalized spacial score (nSPS) is 12.7. The minimum Gasteiger partial charge on any atom is -0.328 e. The number of nitrogens with zero attached hydrogens (tertiary/aromatic N) is 1. The third-order valence-electron chi connectivity index (χ3n) is 2.37. The topological polar surface area (TPSA) is 54.7 Å². The van der Waals surface area contributed by atoms with Gasteiger partial charge < -0.3 is 5.73 Å². The summed E-state index contributed by atoms with van der Waals surface area (Å²) in [6.07, 6.45) is 2.46. The number of nitrogens with one attached hydrogen (secondary N) is 1. The van der Waals surface area contributed by atoms with E-state index in [9.17, 15) is 4.39 Å². The Labute approximate surface area is 93.5 Å². The zero-order chi connectivity index (χ0) is 11.5. The zero-order valence-electron chi connectivity index (χ0n) is 9.07. The molecule has 0 fully saturated rings. The van der Waals surface area contributed by atoms with Crippen LogP contribution in [0.3, 0.4) is 0 Å². The van der Waals surface area contributed by atoms with E-state index >= 15 is 0 Å². The highest BCUT2D eigenvalue weighted by Gasteiger charge is 2.09. The molecule has 4 heteroatoms. The first kappa shape index (κ1) is 10.8. The maximum absolute atomic E-state index is 13.1. The fourth-order valence-corrected chi connectivity index (χ4v) is 1.71. The van der Waals surface area contributed by atoms with Crippen molar-refractivity contribution in [2.75, 3.05) is 0 Å². The second-order valence-corrected chi connectivity index (χ2v) is 3.96. The van der Waals surface area contributed by atoms with Crippen LogP contribution in [0.5, 0.6) is 0 Å². The summed E-state index contributed by atoms with van der Waals surface area (Å²) in [4.78, 5) is 0. The lowest BCUT2D eigenvalue weighted by atomic mass is 10.0. The van der Waals surface area contributed by atoms with Crippen molar-refractivity contribution in [2.24, 2.45) is 5.73 Å². The van der Waals surface area contributed by atoms with Gasteiger partial charge in [0, 0.05) is 11.6 Å². The number of halogens is 1. The first-order valence-corrected chi connectivity index (χ1v) is 5.20. The van der Waals surface area contributed by atoms with Gasteiger partial charge in [0.1, 0.15) is 5.82 Å². The van der Waals surface area contributed by atoms with Crippen LogP contribution in [0.2, 0.25) is 0 Å². The Morgan fingerprint density at radius 3 is 3.00 bits per heavy atom. The Hall–Kier alpha value is -1.68. The first-order chi connectivity index (χ1) is 7.66. The molecule has 1 unspecified atom stereocenters. The molecular weight excluding hydrogens is 205 g/mol. The van der Waals surface area contributed by atoms with Crippen molar-refractivity contribution in [3.8, 4) is 11.3 Å². The molecule has 0 aliphatic heterocycles. The quantitative estimate of drug-likeness (QED) is 0.830. The van der Waals surface area contributed by atoms with Gasteiger partial charge in [0.15, 0.2) is 0 Å². The van der Waals surface area contributed by atoms with E-state index in [4.69, 9.17) is 5.73 Å². The zero-order valence-corrected chi connectivity index (χ0v) is 9.07. The number of rotatable bonds is 3. The second kappa shape index (κ2) is 4.45. The summed E-state index contributed by atoms with van der Waals surface area (Å²) in [5.41, 5.74) is 8.40. The number of hydrogen-bond donors (Lipinski definition) is 2. The molecule has 0 bridgehead atoms. The van der Waals surface area contributed by atoms with Crippen LogP contribution in [0.1, 0.15) is 12.5 Å². The number of H-pyrrole nitrogens is 1. The standard InChI is InChI=1S/C12H14FN3/c1-8(14)5-10-7-15-16-12(10)9-3-2-4-11(13)6-9/h2-4,6-8H,5,14H2,1H3,(H,15,16). The number of benzene rings is 1. The average Bonchev–Trinajstić information content (AvgIpc) is 2.65. The molecule has 2 aromatic rings. The van der Waals surface area contributed by atoms with Crippen LogP contribution >= 0.6 is 0 Å². The van der Waals surface area contributed by atoms with Crippen molar-refractivity contribution in [1.29, 1.82) is 0 Å². The largest absolute Gasteiger partial charge is 0.328 e. The van der Waals surface area contributed by atoms with Crippen LogP contribution < -0.4 is 5.73 Å². The minimum atomic E-state index is -0.251. The Morgan fingerprint density at radius 2 is 2.31 bits per heavy atom. The van der Waals surface area contributed by atoms with Crippen molar-refractivity contribution in [1.82, 2.24) is 10.2 Å². The highest BCUT2D eigenvalue weighted by Crippen LogP contribution is 2.22. The molecule has 3 nitrogen and oxygen atoms in total. The summed E-state index contributed by atoms with van der Waals surface area (Å²) in [6.45, 7) is 1.93. The smallest absolute Gasteiger partial charge is 0.123 e. The molecular formula is C12H14FN3. The summed E-state index contributed by atoms with van der Waals surface area (Å²) in [6, 6.07) is 6.50. The predicted octanol–water partition coefficient (Wildman–Crippen LogP) is 2.11. The van der Waals surface area contributed by atoms with Crippen LogP contribution in [0.4, 0.5) is 4.39 Å². The highest BCUT2D eigenvalue weighted by molar-refractivity contribution is 5.62. The number of hydrogen-bond acceptors (Lipinski definition) is 2. The molecule has 1 aromatic heterocycles. The van der Waals surface area contributed by atoms with Crippen LogP contribution in [-0.4, -0.2) is 16.2 Å². The van der Waals surface area contributed by atoms with E-state index in [1.165, 1.54) is 12.1 Å². The average molecular weight is 219 g/mol. The Bertz CT molecular complexity index is 477. The van der Waals surface area contributed by atoms with E-state index in [1.807, 2.05) is 13.0 Å². The Kier molecular flexibility index (Phi) is 3.01. The Morgan fingerprint density at radius 1 is 1.50 bits per heavy atom.